The zero-order valence-corrected chi connectivity index (χ0v) is 26.4. The first kappa shape index (κ1) is 30.4. The van der Waals surface area contributed by atoms with Gasteiger partial charge in [-0.3, -0.25) is 4.98 Å². The smallest absolute Gasteiger partial charge is 0.123 e. The molecular weight excluding hydrogens is 526 g/mol. The Kier molecular flexibility index (Phi) is 9.50. The molecule has 5 aromatic rings. The maximum atomic E-state index is 11.3. The van der Waals surface area contributed by atoms with Crippen LogP contribution in [0.5, 0.6) is 11.5 Å². The molecule has 1 heterocycles. The van der Waals surface area contributed by atoms with Crippen molar-refractivity contribution in [1.82, 2.24) is 4.98 Å². The number of fused-ring (bicyclic) bond motifs is 1. The third kappa shape index (κ3) is 6.18. The van der Waals surface area contributed by atoms with E-state index in [0.29, 0.717) is 0 Å². The third-order valence-corrected chi connectivity index (χ3v) is 8.95. The maximum absolute atomic E-state index is 11.3. The number of pyridine rings is 1. The highest BCUT2D eigenvalue weighted by Crippen LogP contribution is 2.48. The summed E-state index contributed by atoms with van der Waals surface area (Å²) >= 11 is 0. The highest BCUT2D eigenvalue weighted by atomic mass is 16.3. The highest BCUT2D eigenvalue weighted by molar-refractivity contribution is 6.00. The number of rotatable bonds is 11. The number of unbranched alkanes of at least 4 members (excludes halogenated alkanes) is 4. The van der Waals surface area contributed by atoms with Gasteiger partial charge < -0.3 is 10.2 Å². The molecule has 5 rings (SSSR count). The molecule has 3 nitrogen and oxygen atoms in total. The molecular formula is C40H45NO2. The number of hydrogen-bond donors (Lipinski definition) is 2. The van der Waals surface area contributed by atoms with Gasteiger partial charge in [-0.1, -0.05) is 75.9 Å². The Morgan fingerprint density at radius 1 is 0.558 bits per heavy atom. The van der Waals surface area contributed by atoms with Crippen LogP contribution in [-0.2, 0) is 12.8 Å². The molecule has 2 N–H and O–H groups in total. The molecule has 0 atom stereocenters. The van der Waals surface area contributed by atoms with Crippen molar-refractivity contribution in [2.75, 3.05) is 0 Å². The molecule has 0 saturated carbocycles. The summed E-state index contributed by atoms with van der Waals surface area (Å²) < 4.78 is 0. The molecule has 3 heteroatoms. The van der Waals surface area contributed by atoms with Gasteiger partial charge in [0.05, 0.1) is 5.52 Å². The maximum Gasteiger partial charge on any atom is 0.123 e. The predicted molar refractivity (Wildman–Crippen MR) is 182 cm³/mol. The normalized spacial score (nSPS) is 11.4. The zero-order chi connectivity index (χ0) is 30.5. The van der Waals surface area contributed by atoms with Gasteiger partial charge >= 0.3 is 0 Å². The lowest BCUT2D eigenvalue weighted by atomic mass is 9.79. The van der Waals surface area contributed by atoms with Gasteiger partial charge in [0.1, 0.15) is 11.5 Å². The van der Waals surface area contributed by atoms with Crippen molar-refractivity contribution in [1.29, 1.82) is 0 Å². The lowest BCUT2D eigenvalue weighted by molar-refractivity contribution is 0.476. The molecule has 0 radical (unpaired) electrons. The fourth-order valence-electron chi connectivity index (χ4n) is 6.77. The van der Waals surface area contributed by atoms with Crippen molar-refractivity contribution in [2.45, 2.75) is 86.0 Å². The van der Waals surface area contributed by atoms with Crippen LogP contribution in [0.4, 0.5) is 0 Å². The average molecular weight is 572 g/mol. The molecule has 0 aliphatic heterocycles. The van der Waals surface area contributed by atoms with E-state index in [1.54, 1.807) is 0 Å². The van der Waals surface area contributed by atoms with E-state index in [9.17, 15) is 10.2 Å². The summed E-state index contributed by atoms with van der Waals surface area (Å²) in [4.78, 5) is 4.82. The van der Waals surface area contributed by atoms with Crippen molar-refractivity contribution in [3.05, 3.63) is 101 Å². The van der Waals surface area contributed by atoms with Gasteiger partial charge in [-0.2, -0.15) is 0 Å². The van der Waals surface area contributed by atoms with Crippen LogP contribution in [0.1, 0.15) is 80.2 Å². The van der Waals surface area contributed by atoms with Crippen LogP contribution in [-0.4, -0.2) is 15.2 Å². The second kappa shape index (κ2) is 13.5. The molecule has 0 aliphatic rings. The van der Waals surface area contributed by atoms with E-state index in [1.165, 1.54) is 36.8 Å². The number of aryl methyl sites for hydroxylation is 2. The number of phenolic OH excluding ortho intramolecular Hbond substituents is 2. The first-order valence-electron chi connectivity index (χ1n) is 16.0. The van der Waals surface area contributed by atoms with Crippen molar-refractivity contribution in [3.8, 4) is 44.9 Å². The standard InChI is InChI=1S/C40H45NO2/c1-6-8-10-14-29-19-21-35(42)33(24-29)38-26(3)37(32-18-12-16-31-17-13-23-41-40(31)32)27(4)39(28(38)5)34-25-30(15-11-9-7-2)20-22-36(34)43/h12-13,16-25,42-43H,6-11,14-15H2,1-5H3. The van der Waals surface area contributed by atoms with Crippen LogP contribution < -0.4 is 0 Å². The molecule has 43 heavy (non-hydrogen) atoms. The van der Waals surface area contributed by atoms with Crippen LogP contribution in [0.3, 0.4) is 0 Å². The lowest BCUT2D eigenvalue weighted by Gasteiger charge is -2.25. The van der Waals surface area contributed by atoms with Crippen molar-refractivity contribution < 1.29 is 10.2 Å². The van der Waals surface area contributed by atoms with Gasteiger partial charge in [0.25, 0.3) is 0 Å². The summed E-state index contributed by atoms with van der Waals surface area (Å²) in [6.07, 6.45) is 10.8. The molecule has 0 amide bonds. The predicted octanol–water partition coefficient (Wildman–Crippen LogP) is 11.0. The summed E-state index contributed by atoms with van der Waals surface area (Å²) in [5.41, 5.74) is 12.6. The van der Waals surface area contributed by atoms with Gasteiger partial charge in [0.15, 0.2) is 0 Å². The second-order valence-electron chi connectivity index (χ2n) is 12.0. The number of phenols is 2. The van der Waals surface area contributed by atoms with Gasteiger partial charge in [0, 0.05) is 28.3 Å². The minimum absolute atomic E-state index is 0.278. The van der Waals surface area contributed by atoms with Crippen LogP contribution in [0, 0.1) is 20.8 Å². The number of aromatic nitrogens is 1. The average Bonchev–Trinajstić information content (AvgIpc) is 3.00. The van der Waals surface area contributed by atoms with E-state index < -0.39 is 0 Å². The molecule has 0 fully saturated rings. The molecule has 0 aliphatic carbocycles. The SMILES string of the molecule is CCCCCc1ccc(O)c(-c2c(C)c(-c3cc(CCCCC)ccc3O)c(C)c(-c3cccc4cccnc34)c2C)c1. The second-order valence-corrected chi connectivity index (χ2v) is 12.0. The number of benzene rings is 4. The summed E-state index contributed by atoms with van der Waals surface area (Å²) in [5.74, 6) is 0.555. The Hall–Kier alpha value is -4.11. The largest absolute Gasteiger partial charge is 0.507 e. The highest BCUT2D eigenvalue weighted by Gasteiger charge is 2.24. The Morgan fingerprint density at radius 2 is 1.05 bits per heavy atom. The number of para-hydroxylation sites is 1. The molecule has 222 valence electrons. The van der Waals surface area contributed by atoms with Crippen molar-refractivity contribution in [2.24, 2.45) is 0 Å². The Bertz CT molecular complexity index is 1660. The third-order valence-electron chi connectivity index (χ3n) is 8.95. The molecule has 0 spiro atoms. The molecule has 0 saturated heterocycles. The minimum atomic E-state index is 0.278. The van der Waals surface area contributed by atoms with E-state index >= 15 is 0 Å². The van der Waals surface area contributed by atoms with Gasteiger partial charge in [-0.05, 0) is 121 Å². The van der Waals surface area contributed by atoms with Crippen LogP contribution in [0.25, 0.3) is 44.3 Å². The Balaban J connectivity index is 1.82. The lowest BCUT2D eigenvalue weighted by Crippen LogP contribution is -2.02. The fraction of sp³-hybridized carbons (Fsp3) is 0.325. The molecule has 1 aromatic heterocycles. The Labute approximate surface area is 257 Å². The van der Waals surface area contributed by atoms with Crippen LogP contribution in [0.15, 0.2) is 72.9 Å². The van der Waals surface area contributed by atoms with Gasteiger partial charge in [0.2, 0.25) is 0 Å². The van der Waals surface area contributed by atoms with E-state index in [1.807, 2.05) is 24.4 Å². The first-order chi connectivity index (χ1) is 20.8. The van der Waals surface area contributed by atoms with Gasteiger partial charge in [-0.25, -0.2) is 0 Å². The summed E-state index contributed by atoms with van der Waals surface area (Å²) in [7, 11) is 0. The van der Waals surface area contributed by atoms with Crippen LogP contribution in [0.2, 0.25) is 0 Å². The van der Waals surface area contributed by atoms with Crippen LogP contribution >= 0.6 is 0 Å². The molecule has 4 aromatic carbocycles. The summed E-state index contributed by atoms with van der Waals surface area (Å²) in [6, 6.07) is 22.6. The fourth-order valence-corrected chi connectivity index (χ4v) is 6.77. The van der Waals surface area contributed by atoms with Crippen molar-refractivity contribution >= 4 is 10.9 Å². The summed E-state index contributed by atoms with van der Waals surface area (Å²) in [5, 5.41) is 23.7. The minimum Gasteiger partial charge on any atom is -0.507 e. The topological polar surface area (TPSA) is 53.4 Å². The van der Waals surface area contributed by atoms with Crippen molar-refractivity contribution in [3.63, 3.8) is 0 Å². The zero-order valence-electron chi connectivity index (χ0n) is 26.4. The Morgan fingerprint density at radius 3 is 1.56 bits per heavy atom. The molecule has 0 bridgehead atoms. The molecule has 0 unspecified atom stereocenters. The number of aromatic hydroxyl groups is 2. The number of nitrogens with zero attached hydrogens (tertiary/aromatic N) is 1. The van der Waals surface area contributed by atoms with E-state index in [4.69, 9.17) is 4.98 Å². The van der Waals surface area contributed by atoms with Gasteiger partial charge in [-0.15, -0.1) is 0 Å². The van der Waals surface area contributed by atoms with E-state index in [0.717, 1.165) is 86.7 Å². The monoisotopic (exact) mass is 571 g/mol. The van der Waals surface area contributed by atoms with E-state index in [-0.39, 0.29) is 11.5 Å². The quantitative estimate of drug-likeness (QED) is 0.155. The van der Waals surface area contributed by atoms with E-state index in [2.05, 4.69) is 83.1 Å². The summed E-state index contributed by atoms with van der Waals surface area (Å²) in [6.45, 7) is 10.9. The number of hydrogen-bond acceptors (Lipinski definition) is 3. The first-order valence-corrected chi connectivity index (χ1v) is 16.0.